The first-order valence-corrected chi connectivity index (χ1v) is 9.57. The van der Waals surface area contributed by atoms with E-state index in [0.717, 1.165) is 40.9 Å². The third kappa shape index (κ3) is 4.67. The molecule has 2 N–H and O–H groups in total. The number of ether oxygens (including phenoxy) is 1. The van der Waals surface area contributed by atoms with Crippen LogP contribution >= 0.6 is 12.2 Å². The predicted octanol–water partition coefficient (Wildman–Crippen LogP) is 4.82. The van der Waals surface area contributed by atoms with E-state index in [4.69, 9.17) is 21.4 Å². The van der Waals surface area contributed by atoms with Crippen LogP contribution in [0, 0.1) is 6.92 Å². The summed E-state index contributed by atoms with van der Waals surface area (Å²) in [5.41, 5.74) is 4.00. The summed E-state index contributed by atoms with van der Waals surface area (Å²) in [7, 11) is 1.62. The van der Waals surface area contributed by atoms with Gasteiger partial charge in [0.15, 0.2) is 10.7 Å². The maximum absolute atomic E-state index is 11.9. The van der Waals surface area contributed by atoms with Gasteiger partial charge in [-0.05, 0) is 55.4 Å². The molecule has 0 unspecified atom stereocenters. The largest absolute Gasteiger partial charge is 0.497 e. The summed E-state index contributed by atoms with van der Waals surface area (Å²) in [5, 5.41) is 6.08. The Kier molecular flexibility index (Phi) is 6.26. The molecule has 0 radical (unpaired) electrons. The molecule has 146 valence electrons. The molecule has 0 aliphatic carbocycles. The lowest BCUT2D eigenvalue weighted by Crippen LogP contribution is -2.34. The monoisotopic (exact) mass is 397 g/mol. The number of hydrogen-bond donors (Lipinski definition) is 2. The molecule has 0 atom stereocenters. The summed E-state index contributed by atoms with van der Waals surface area (Å²) < 4.78 is 11.1. The minimum atomic E-state index is -0.0824. The molecule has 0 saturated carbocycles. The summed E-state index contributed by atoms with van der Waals surface area (Å²) in [6.45, 7) is 4.01. The number of anilines is 1. The molecule has 3 aromatic rings. The Hall–Kier alpha value is -2.93. The SMILES string of the molecule is CCCCC(=O)NC(=S)Nc1cc(-c2nc3cc(OC)ccc3o2)ccc1C. The molecule has 6 nitrogen and oxygen atoms in total. The van der Waals surface area contributed by atoms with Crippen molar-refractivity contribution in [1.29, 1.82) is 0 Å². The number of oxazole rings is 1. The van der Waals surface area contributed by atoms with Gasteiger partial charge in [-0.25, -0.2) is 4.98 Å². The van der Waals surface area contributed by atoms with Crippen LogP contribution in [-0.4, -0.2) is 23.1 Å². The molecule has 1 aromatic heterocycles. The number of hydrogen-bond acceptors (Lipinski definition) is 5. The number of carbonyl (C=O) groups excluding carboxylic acids is 1. The van der Waals surface area contributed by atoms with Crippen LogP contribution in [0.4, 0.5) is 5.69 Å². The fourth-order valence-corrected chi connectivity index (χ4v) is 2.95. The van der Waals surface area contributed by atoms with Crippen molar-refractivity contribution in [1.82, 2.24) is 10.3 Å². The minimum absolute atomic E-state index is 0.0824. The van der Waals surface area contributed by atoms with Crippen molar-refractivity contribution in [3.8, 4) is 17.2 Å². The van der Waals surface area contributed by atoms with Crippen LogP contribution in [0.1, 0.15) is 31.7 Å². The third-order valence-electron chi connectivity index (χ3n) is 4.34. The molecule has 7 heteroatoms. The van der Waals surface area contributed by atoms with E-state index in [1.165, 1.54) is 0 Å². The van der Waals surface area contributed by atoms with E-state index in [2.05, 4.69) is 15.6 Å². The molecule has 1 heterocycles. The van der Waals surface area contributed by atoms with Crippen LogP contribution in [0.15, 0.2) is 40.8 Å². The summed E-state index contributed by atoms with van der Waals surface area (Å²) in [4.78, 5) is 16.4. The zero-order valence-corrected chi connectivity index (χ0v) is 17.0. The van der Waals surface area contributed by atoms with Gasteiger partial charge in [-0.2, -0.15) is 0 Å². The summed E-state index contributed by atoms with van der Waals surface area (Å²) in [6, 6.07) is 11.3. The highest BCUT2D eigenvalue weighted by Crippen LogP contribution is 2.29. The zero-order valence-electron chi connectivity index (χ0n) is 16.2. The van der Waals surface area contributed by atoms with E-state index in [1.807, 2.05) is 50.2 Å². The summed E-state index contributed by atoms with van der Waals surface area (Å²) in [6.07, 6.45) is 2.26. The third-order valence-corrected chi connectivity index (χ3v) is 4.54. The standard InChI is InChI=1S/C21H23N3O3S/c1-4-5-6-19(25)24-21(28)23-16-11-14(8-7-13(16)2)20-22-17-12-15(26-3)9-10-18(17)27-20/h7-12H,4-6H2,1-3H3,(H2,23,24,25,28). The smallest absolute Gasteiger partial charge is 0.227 e. The van der Waals surface area contributed by atoms with Crippen molar-refractivity contribution in [2.45, 2.75) is 33.1 Å². The number of nitrogens with one attached hydrogen (secondary N) is 2. The van der Waals surface area contributed by atoms with Crippen LogP contribution in [0.5, 0.6) is 5.75 Å². The minimum Gasteiger partial charge on any atom is -0.497 e. The molecule has 28 heavy (non-hydrogen) atoms. The lowest BCUT2D eigenvalue weighted by molar-refractivity contribution is -0.119. The first kappa shape index (κ1) is 19.8. The Balaban J connectivity index is 1.79. The number of rotatable bonds is 6. The van der Waals surface area contributed by atoms with Gasteiger partial charge < -0.3 is 19.8 Å². The molecule has 0 fully saturated rings. The Morgan fingerprint density at radius 1 is 1.25 bits per heavy atom. The zero-order chi connectivity index (χ0) is 20.1. The van der Waals surface area contributed by atoms with E-state index >= 15 is 0 Å². The molecule has 1 amide bonds. The predicted molar refractivity (Wildman–Crippen MR) is 115 cm³/mol. The molecular formula is C21H23N3O3S. The van der Waals surface area contributed by atoms with E-state index in [0.29, 0.717) is 17.9 Å². The van der Waals surface area contributed by atoms with Gasteiger partial charge in [0.05, 0.1) is 7.11 Å². The Morgan fingerprint density at radius 2 is 2.07 bits per heavy atom. The molecule has 0 aliphatic heterocycles. The van der Waals surface area contributed by atoms with Gasteiger partial charge in [0.25, 0.3) is 0 Å². The second kappa shape index (κ2) is 8.84. The number of carbonyl (C=O) groups is 1. The maximum Gasteiger partial charge on any atom is 0.227 e. The normalized spacial score (nSPS) is 10.7. The van der Waals surface area contributed by atoms with Gasteiger partial charge in [-0.1, -0.05) is 19.4 Å². The number of benzene rings is 2. The van der Waals surface area contributed by atoms with Crippen LogP contribution in [0.3, 0.4) is 0 Å². The molecule has 0 bridgehead atoms. The average Bonchev–Trinajstić information content (AvgIpc) is 3.11. The van der Waals surface area contributed by atoms with E-state index in [-0.39, 0.29) is 11.0 Å². The summed E-state index contributed by atoms with van der Waals surface area (Å²) >= 11 is 5.27. The number of unbranched alkanes of at least 4 members (excludes halogenated alkanes) is 1. The number of aryl methyl sites for hydroxylation is 1. The molecule has 0 aliphatic rings. The van der Waals surface area contributed by atoms with Crippen molar-refractivity contribution >= 4 is 40.0 Å². The highest BCUT2D eigenvalue weighted by molar-refractivity contribution is 7.80. The number of amides is 1. The topological polar surface area (TPSA) is 76.4 Å². The molecule has 3 rings (SSSR count). The van der Waals surface area contributed by atoms with Crippen LogP contribution in [0.25, 0.3) is 22.6 Å². The Bertz CT molecular complexity index is 1010. The summed E-state index contributed by atoms with van der Waals surface area (Å²) in [5.74, 6) is 1.15. The lowest BCUT2D eigenvalue weighted by atomic mass is 10.1. The van der Waals surface area contributed by atoms with E-state index < -0.39 is 0 Å². The second-order valence-electron chi connectivity index (χ2n) is 6.49. The Labute approximate surface area is 169 Å². The van der Waals surface area contributed by atoms with Gasteiger partial charge in [0.1, 0.15) is 11.3 Å². The van der Waals surface area contributed by atoms with Gasteiger partial charge in [-0.3, -0.25) is 4.79 Å². The quantitative estimate of drug-likeness (QED) is 0.581. The van der Waals surface area contributed by atoms with Crippen molar-refractivity contribution in [2.75, 3.05) is 12.4 Å². The number of thiocarbonyl (C=S) groups is 1. The second-order valence-corrected chi connectivity index (χ2v) is 6.90. The molecule has 2 aromatic carbocycles. The highest BCUT2D eigenvalue weighted by atomic mass is 32.1. The van der Waals surface area contributed by atoms with Gasteiger partial charge in [0.2, 0.25) is 11.8 Å². The van der Waals surface area contributed by atoms with Gasteiger partial charge in [0, 0.05) is 23.7 Å². The molecular weight excluding hydrogens is 374 g/mol. The highest BCUT2D eigenvalue weighted by Gasteiger charge is 2.12. The van der Waals surface area contributed by atoms with Crippen molar-refractivity contribution in [3.63, 3.8) is 0 Å². The number of aromatic nitrogens is 1. The van der Waals surface area contributed by atoms with Gasteiger partial charge in [-0.15, -0.1) is 0 Å². The fraction of sp³-hybridized carbons (Fsp3) is 0.286. The van der Waals surface area contributed by atoms with Crippen molar-refractivity contribution in [2.24, 2.45) is 0 Å². The maximum atomic E-state index is 11.9. The van der Waals surface area contributed by atoms with E-state index in [1.54, 1.807) is 7.11 Å². The number of fused-ring (bicyclic) bond motifs is 1. The van der Waals surface area contributed by atoms with Crippen LogP contribution in [0.2, 0.25) is 0 Å². The number of methoxy groups -OCH3 is 1. The first-order chi connectivity index (χ1) is 13.5. The van der Waals surface area contributed by atoms with Gasteiger partial charge >= 0.3 is 0 Å². The van der Waals surface area contributed by atoms with Crippen molar-refractivity contribution in [3.05, 3.63) is 42.0 Å². The van der Waals surface area contributed by atoms with Crippen LogP contribution < -0.4 is 15.4 Å². The van der Waals surface area contributed by atoms with E-state index in [9.17, 15) is 4.79 Å². The molecule has 0 spiro atoms. The average molecular weight is 398 g/mol. The lowest BCUT2D eigenvalue weighted by Gasteiger charge is -2.12. The Morgan fingerprint density at radius 3 is 2.82 bits per heavy atom. The fourth-order valence-electron chi connectivity index (χ4n) is 2.73. The van der Waals surface area contributed by atoms with Crippen LogP contribution in [-0.2, 0) is 4.79 Å². The van der Waals surface area contributed by atoms with Crippen molar-refractivity contribution < 1.29 is 13.9 Å². The number of nitrogens with zero attached hydrogens (tertiary/aromatic N) is 1. The molecule has 0 saturated heterocycles. The first-order valence-electron chi connectivity index (χ1n) is 9.16.